The Morgan fingerprint density at radius 2 is 2.47 bits per heavy atom. The van der Waals surface area contributed by atoms with Gasteiger partial charge >= 0.3 is 0 Å². The molecule has 0 aliphatic carbocycles. The van der Waals surface area contributed by atoms with Crippen LogP contribution in [0.4, 0.5) is 0 Å². The van der Waals surface area contributed by atoms with Crippen LogP contribution in [-0.2, 0) is 14.3 Å². The van der Waals surface area contributed by atoms with E-state index in [0.717, 1.165) is 24.2 Å². The van der Waals surface area contributed by atoms with Crippen LogP contribution in [0.5, 0.6) is 0 Å². The summed E-state index contributed by atoms with van der Waals surface area (Å²) in [6.07, 6.45) is 3.31. The van der Waals surface area contributed by atoms with E-state index < -0.39 is 6.29 Å². The first kappa shape index (κ1) is 12.0. The molecule has 2 atom stereocenters. The molecule has 1 aromatic heterocycles. The Bertz CT molecular complexity index is 361. The van der Waals surface area contributed by atoms with Crippen molar-refractivity contribution in [2.45, 2.75) is 25.2 Å². The zero-order valence-corrected chi connectivity index (χ0v) is 9.76. The highest BCUT2D eigenvalue weighted by Crippen LogP contribution is 2.23. The van der Waals surface area contributed by atoms with Gasteiger partial charge in [-0.2, -0.15) is 0 Å². The van der Waals surface area contributed by atoms with Crippen molar-refractivity contribution in [3.8, 4) is 0 Å². The van der Waals surface area contributed by atoms with Gasteiger partial charge in [0.05, 0.1) is 5.69 Å². The number of pyridine rings is 1. The molecule has 5 heteroatoms. The Hall–Kier alpha value is -1.46. The van der Waals surface area contributed by atoms with E-state index >= 15 is 0 Å². The van der Waals surface area contributed by atoms with Gasteiger partial charge in [-0.05, 0) is 31.5 Å². The molecule has 17 heavy (non-hydrogen) atoms. The van der Waals surface area contributed by atoms with Crippen LogP contribution in [0.2, 0.25) is 0 Å². The molecule has 5 nitrogen and oxygen atoms in total. The fourth-order valence-corrected chi connectivity index (χ4v) is 2.02. The van der Waals surface area contributed by atoms with Gasteiger partial charge in [-0.25, -0.2) is 0 Å². The summed E-state index contributed by atoms with van der Waals surface area (Å²) in [6, 6.07) is 4.16. The molecule has 1 aliphatic rings. The zero-order chi connectivity index (χ0) is 12.1. The molecule has 1 aliphatic heterocycles. The minimum Gasteiger partial charge on any atom is -0.433 e. The van der Waals surface area contributed by atoms with Gasteiger partial charge < -0.3 is 14.8 Å². The predicted octanol–water partition coefficient (Wildman–Crippen LogP) is 1.32. The molecule has 2 unspecified atom stereocenters. The number of carbonyl (C=O) groups excluding carboxylic acids is 1. The lowest BCUT2D eigenvalue weighted by molar-refractivity contribution is -0.159. The van der Waals surface area contributed by atoms with Crippen LogP contribution in [0.3, 0.4) is 0 Å². The van der Waals surface area contributed by atoms with Crippen LogP contribution in [-0.4, -0.2) is 25.1 Å². The highest BCUT2D eigenvalue weighted by molar-refractivity contribution is 5.38. The van der Waals surface area contributed by atoms with E-state index in [-0.39, 0.29) is 0 Å². The topological polar surface area (TPSA) is 60.5 Å². The van der Waals surface area contributed by atoms with Crippen molar-refractivity contribution < 1.29 is 14.3 Å². The van der Waals surface area contributed by atoms with Crippen LogP contribution in [0.25, 0.3) is 0 Å². The van der Waals surface area contributed by atoms with Crippen molar-refractivity contribution in [1.82, 2.24) is 10.3 Å². The van der Waals surface area contributed by atoms with Crippen molar-refractivity contribution in [1.29, 1.82) is 0 Å². The molecule has 0 aromatic carbocycles. The summed E-state index contributed by atoms with van der Waals surface area (Å²) in [5, 5.41) is 3.38. The first-order chi connectivity index (χ1) is 8.35. The molecule has 0 spiro atoms. The van der Waals surface area contributed by atoms with Crippen LogP contribution >= 0.6 is 0 Å². The second kappa shape index (κ2) is 5.75. The SMILES string of the molecule is COC(OC=O)c1ccc(C2CCCN2)nc1. The fourth-order valence-electron chi connectivity index (χ4n) is 2.02. The van der Waals surface area contributed by atoms with Gasteiger partial charge in [0.1, 0.15) is 0 Å². The molecule has 92 valence electrons. The molecule has 0 radical (unpaired) electrons. The van der Waals surface area contributed by atoms with E-state index in [4.69, 9.17) is 9.47 Å². The summed E-state index contributed by atoms with van der Waals surface area (Å²) in [5.41, 5.74) is 1.76. The Morgan fingerprint density at radius 3 is 3.00 bits per heavy atom. The number of hydrogen-bond donors (Lipinski definition) is 1. The molecule has 0 bridgehead atoms. The molecule has 2 rings (SSSR count). The maximum atomic E-state index is 10.3. The number of aromatic nitrogens is 1. The number of rotatable bonds is 5. The molecule has 1 aromatic rings. The summed E-state index contributed by atoms with van der Waals surface area (Å²) in [6.45, 7) is 1.42. The van der Waals surface area contributed by atoms with E-state index in [1.54, 1.807) is 6.20 Å². The van der Waals surface area contributed by atoms with Crippen LogP contribution in [0.15, 0.2) is 18.3 Å². The Balaban J connectivity index is 2.08. The minimum atomic E-state index is -0.675. The monoisotopic (exact) mass is 236 g/mol. The van der Waals surface area contributed by atoms with Crippen LogP contribution in [0, 0.1) is 0 Å². The van der Waals surface area contributed by atoms with Crippen LogP contribution < -0.4 is 5.32 Å². The molecular weight excluding hydrogens is 220 g/mol. The van der Waals surface area contributed by atoms with E-state index in [9.17, 15) is 4.79 Å². The van der Waals surface area contributed by atoms with Crippen molar-refractivity contribution >= 4 is 6.47 Å². The van der Waals surface area contributed by atoms with Gasteiger partial charge in [-0.1, -0.05) is 0 Å². The second-order valence-electron chi connectivity index (χ2n) is 3.97. The van der Waals surface area contributed by atoms with Crippen molar-refractivity contribution in [3.63, 3.8) is 0 Å². The number of nitrogens with one attached hydrogen (secondary N) is 1. The molecule has 0 saturated carbocycles. The second-order valence-corrected chi connectivity index (χ2v) is 3.97. The first-order valence-electron chi connectivity index (χ1n) is 5.66. The molecule has 1 N–H and O–H groups in total. The minimum absolute atomic E-state index is 0.344. The Labute approximate surface area is 100 Å². The zero-order valence-electron chi connectivity index (χ0n) is 9.76. The molecule has 1 saturated heterocycles. The maximum absolute atomic E-state index is 10.3. The first-order valence-corrected chi connectivity index (χ1v) is 5.66. The van der Waals surface area contributed by atoms with Gasteiger partial charge in [0.15, 0.2) is 0 Å². The summed E-state index contributed by atoms with van der Waals surface area (Å²) in [5.74, 6) is 0. The van der Waals surface area contributed by atoms with E-state index in [1.165, 1.54) is 13.5 Å². The normalized spacial score (nSPS) is 21.1. The number of hydrogen-bond acceptors (Lipinski definition) is 5. The lowest BCUT2D eigenvalue weighted by Gasteiger charge is -2.14. The maximum Gasteiger partial charge on any atom is 0.295 e. The van der Waals surface area contributed by atoms with E-state index in [1.807, 2.05) is 12.1 Å². The van der Waals surface area contributed by atoms with E-state index in [0.29, 0.717) is 12.5 Å². The van der Waals surface area contributed by atoms with Crippen molar-refractivity contribution in [2.24, 2.45) is 0 Å². The highest BCUT2D eigenvalue weighted by atomic mass is 16.7. The quantitative estimate of drug-likeness (QED) is 0.617. The van der Waals surface area contributed by atoms with Gasteiger partial charge in [0.2, 0.25) is 6.29 Å². The molecular formula is C12H16N2O3. The Morgan fingerprint density at radius 1 is 1.59 bits per heavy atom. The summed E-state index contributed by atoms with van der Waals surface area (Å²) in [7, 11) is 1.49. The average Bonchev–Trinajstić information content (AvgIpc) is 2.90. The number of nitrogens with zero attached hydrogens (tertiary/aromatic N) is 1. The Kier molecular flexibility index (Phi) is 4.06. The lowest BCUT2D eigenvalue weighted by Crippen LogP contribution is -2.14. The number of ether oxygens (including phenoxy) is 2. The van der Waals surface area contributed by atoms with Gasteiger partial charge in [-0.15, -0.1) is 0 Å². The van der Waals surface area contributed by atoms with Crippen molar-refractivity contribution in [3.05, 3.63) is 29.6 Å². The summed E-state index contributed by atoms with van der Waals surface area (Å²) >= 11 is 0. The fraction of sp³-hybridized carbons (Fsp3) is 0.500. The number of carbonyl (C=O) groups is 1. The summed E-state index contributed by atoms with van der Waals surface area (Å²) in [4.78, 5) is 14.7. The van der Waals surface area contributed by atoms with Gasteiger partial charge in [0, 0.05) is 24.9 Å². The molecule has 2 heterocycles. The van der Waals surface area contributed by atoms with E-state index in [2.05, 4.69) is 10.3 Å². The third-order valence-corrected chi connectivity index (χ3v) is 2.89. The van der Waals surface area contributed by atoms with Crippen molar-refractivity contribution in [2.75, 3.05) is 13.7 Å². The predicted molar refractivity (Wildman–Crippen MR) is 61.1 cm³/mol. The largest absolute Gasteiger partial charge is 0.433 e. The van der Waals surface area contributed by atoms with Gasteiger partial charge in [-0.3, -0.25) is 9.78 Å². The third kappa shape index (κ3) is 2.81. The smallest absolute Gasteiger partial charge is 0.295 e. The highest BCUT2D eigenvalue weighted by Gasteiger charge is 2.18. The van der Waals surface area contributed by atoms with Gasteiger partial charge in [0.25, 0.3) is 6.47 Å². The summed E-state index contributed by atoms with van der Waals surface area (Å²) < 4.78 is 9.82. The van der Waals surface area contributed by atoms with Crippen LogP contribution in [0.1, 0.15) is 36.4 Å². The lowest BCUT2D eigenvalue weighted by atomic mass is 10.1. The standard InChI is InChI=1S/C12H16N2O3/c1-16-12(17-8-15)9-4-5-11(14-7-9)10-3-2-6-13-10/h4-5,7-8,10,12-13H,2-3,6H2,1H3. The molecule has 0 amide bonds. The molecule has 1 fully saturated rings. The average molecular weight is 236 g/mol. The number of methoxy groups -OCH3 is 1. The third-order valence-electron chi connectivity index (χ3n) is 2.89.